The van der Waals surface area contributed by atoms with Crippen LogP contribution in [0.3, 0.4) is 0 Å². The van der Waals surface area contributed by atoms with Crippen molar-refractivity contribution in [1.29, 1.82) is 0 Å². The minimum Gasteiger partial charge on any atom is -0.493 e. The summed E-state index contributed by atoms with van der Waals surface area (Å²) < 4.78 is 32.4. The highest BCUT2D eigenvalue weighted by molar-refractivity contribution is 6.30. The number of nitrogens with zero attached hydrogens (tertiary/aromatic N) is 3. The molecule has 1 aromatic heterocycles. The maximum Gasteiger partial charge on any atom is 0.245 e. The number of fused-ring (bicyclic) bond motifs is 1. The number of carbonyl (C=O) groups excluding carboxylic acids is 1. The first-order valence-corrected chi connectivity index (χ1v) is 12.7. The van der Waals surface area contributed by atoms with Crippen molar-refractivity contribution < 1.29 is 23.4 Å². The Morgan fingerprint density at radius 3 is 2.54 bits per heavy atom. The first-order valence-electron chi connectivity index (χ1n) is 12.3. The highest BCUT2D eigenvalue weighted by atomic mass is 35.5. The zero-order chi connectivity index (χ0) is 27.4. The number of benzene rings is 3. The molecule has 1 N–H and O–H groups in total. The Morgan fingerprint density at radius 1 is 1.08 bits per heavy atom. The third-order valence-electron chi connectivity index (χ3n) is 6.38. The molecule has 0 saturated carbocycles. The average molecular weight is 549 g/mol. The summed E-state index contributed by atoms with van der Waals surface area (Å²) in [5.41, 5.74) is 1.11. The molecule has 0 atom stereocenters. The summed E-state index contributed by atoms with van der Waals surface area (Å²) in [6, 6.07) is 14.8. The van der Waals surface area contributed by atoms with Gasteiger partial charge >= 0.3 is 0 Å². The van der Waals surface area contributed by atoms with E-state index in [4.69, 9.17) is 25.8 Å². The lowest BCUT2D eigenvalue weighted by atomic mass is 10.1. The fraction of sp³-hybridized carbons (Fsp3) is 0.207. The Hall–Kier alpha value is -4.37. The molecule has 1 aliphatic rings. The van der Waals surface area contributed by atoms with E-state index in [2.05, 4.69) is 21.9 Å². The molecule has 1 aliphatic heterocycles. The van der Waals surface area contributed by atoms with Crippen LogP contribution in [0.25, 0.3) is 10.9 Å². The maximum absolute atomic E-state index is 14.9. The summed E-state index contributed by atoms with van der Waals surface area (Å²) >= 11 is 5.90. The van der Waals surface area contributed by atoms with E-state index in [-0.39, 0.29) is 17.8 Å². The van der Waals surface area contributed by atoms with Crippen molar-refractivity contribution in [2.24, 2.45) is 0 Å². The van der Waals surface area contributed by atoms with E-state index in [1.54, 1.807) is 48.4 Å². The van der Waals surface area contributed by atoms with Crippen LogP contribution in [0.2, 0.25) is 5.02 Å². The number of amides is 1. The Bertz CT molecular complexity index is 1510. The number of hydrogen-bond donors (Lipinski definition) is 1. The molecular weight excluding hydrogens is 523 g/mol. The van der Waals surface area contributed by atoms with Crippen molar-refractivity contribution in [3.05, 3.63) is 84.4 Å². The van der Waals surface area contributed by atoms with E-state index in [9.17, 15) is 9.18 Å². The van der Waals surface area contributed by atoms with Crippen LogP contribution in [0.4, 0.5) is 15.9 Å². The van der Waals surface area contributed by atoms with Crippen molar-refractivity contribution in [3.8, 4) is 23.0 Å². The van der Waals surface area contributed by atoms with Crippen molar-refractivity contribution in [3.63, 3.8) is 0 Å². The van der Waals surface area contributed by atoms with Gasteiger partial charge in [-0.15, -0.1) is 0 Å². The first-order chi connectivity index (χ1) is 18.9. The lowest BCUT2D eigenvalue weighted by Crippen LogP contribution is -2.41. The van der Waals surface area contributed by atoms with Crippen LogP contribution in [0.5, 0.6) is 23.0 Å². The Kier molecular flexibility index (Phi) is 7.79. The molecule has 1 fully saturated rings. The largest absolute Gasteiger partial charge is 0.493 e. The predicted molar refractivity (Wildman–Crippen MR) is 148 cm³/mol. The van der Waals surface area contributed by atoms with Crippen LogP contribution in [-0.4, -0.2) is 47.1 Å². The van der Waals surface area contributed by atoms with Gasteiger partial charge in [0.2, 0.25) is 5.91 Å². The van der Waals surface area contributed by atoms with Gasteiger partial charge in [-0.05, 0) is 48.5 Å². The zero-order valence-corrected chi connectivity index (χ0v) is 22.0. The van der Waals surface area contributed by atoms with Gasteiger partial charge in [0.1, 0.15) is 24.0 Å². The fourth-order valence-electron chi connectivity index (χ4n) is 4.35. The van der Waals surface area contributed by atoms with Crippen molar-refractivity contribution >= 4 is 39.9 Å². The smallest absolute Gasteiger partial charge is 0.245 e. The number of nitrogens with one attached hydrogen (secondary N) is 1. The van der Waals surface area contributed by atoms with Crippen molar-refractivity contribution in [1.82, 2.24) is 14.9 Å². The SMILES string of the molecule is C=CC(=O)N1CCC(Oc2cc3c(Nc4ccc(Oc5ccc(Cl)cc5)c(F)c4)ncnc3cc2OC)CC1. The highest BCUT2D eigenvalue weighted by Crippen LogP contribution is 2.37. The summed E-state index contributed by atoms with van der Waals surface area (Å²) in [5.74, 6) is 1.48. The molecule has 5 rings (SSSR count). The number of piperidine rings is 1. The van der Waals surface area contributed by atoms with E-state index in [1.165, 1.54) is 24.5 Å². The van der Waals surface area contributed by atoms with E-state index in [0.717, 1.165) is 0 Å². The second kappa shape index (κ2) is 11.6. The molecule has 10 heteroatoms. The van der Waals surface area contributed by atoms with Crippen LogP contribution in [0, 0.1) is 5.82 Å². The van der Waals surface area contributed by atoms with Gasteiger partial charge in [0.05, 0.1) is 12.6 Å². The molecule has 4 aromatic rings. The summed E-state index contributed by atoms with van der Waals surface area (Å²) in [6.45, 7) is 4.73. The second-order valence-electron chi connectivity index (χ2n) is 8.92. The monoisotopic (exact) mass is 548 g/mol. The highest BCUT2D eigenvalue weighted by Gasteiger charge is 2.24. The topological polar surface area (TPSA) is 85.8 Å². The molecule has 3 aromatic carbocycles. The number of methoxy groups -OCH3 is 1. The van der Waals surface area contributed by atoms with Gasteiger partial charge in [-0.3, -0.25) is 4.79 Å². The number of anilines is 2. The van der Waals surface area contributed by atoms with Crippen LogP contribution < -0.4 is 19.5 Å². The molecule has 0 spiro atoms. The number of likely N-dealkylation sites (tertiary alicyclic amines) is 1. The van der Waals surface area contributed by atoms with E-state index in [0.29, 0.717) is 70.6 Å². The van der Waals surface area contributed by atoms with Gasteiger partial charge < -0.3 is 24.4 Å². The Morgan fingerprint density at radius 2 is 1.85 bits per heavy atom. The summed E-state index contributed by atoms with van der Waals surface area (Å²) in [7, 11) is 1.57. The van der Waals surface area contributed by atoms with Crippen LogP contribution in [0.15, 0.2) is 73.6 Å². The van der Waals surface area contributed by atoms with Crippen LogP contribution in [0.1, 0.15) is 12.8 Å². The van der Waals surface area contributed by atoms with Gasteiger partial charge in [-0.1, -0.05) is 18.2 Å². The minimum absolute atomic E-state index is 0.0781. The number of halogens is 2. The van der Waals surface area contributed by atoms with E-state index >= 15 is 0 Å². The standard InChI is InChI=1S/C29H26ClFN4O4/c1-3-28(36)35-12-10-21(11-13-35)39-27-15-22-24(16-26(27)37-2)32-17-33-29(22)34-19-6-9-25(23(31)14-19)38-20-7-4-18(30)5-8-20/h3-9,14-17,21H,1,10-13H2,2H3,(H,32,33,34). The molecule has 8 nitrogen and oxygen atoms in total. The molecule has 0 bridgehead atoms. The molecule has 1 saturated heterocycles. The van der Waals surface area contributed by atoms with E-state index in [1.807, 2.05) is 6.07 Å². The lowest BCUT2D eigenvalue weighted by molar-refractivity contribution is -0.127. The van der Waals surface area contributed by atoms with Gasteiger partial charge in [-0.2, -0.15) is 0 Å². The lowest BCUT2D eigenvalue weighted by Gasteiger charge is -2.31. The number of aromatic nitrogens is 2. The molecule has 0 unspecified atom stereocenters. The third-order valence-corrected chi connectivity index (χ3v) is 6.63. The number of rotatable bonds is 8. The molecule has 0 radical (unpaired) electrons. The van der Waals surface area contributed by atoms with Gasteiger partial charge in [0, 0.05) is 54.2 Å². The Balaban J connectivity index is 1.35. The van der Waals surface area contributed by atoms with Crippen LogP contribution in [-0.2, 0) is 4.79 Å². The van der Waals surface area contributed by atoms with E-state index < -0.39 is 5.82 Å². The fourth-order valence-corrected chi connectivity index (χ4v) is 4.47. The van der Waals surface area contributed by atoms with Crippen molar-refractivity contribution in [2.75, 3.05) is 25.5 Å². The number of hydrogen-bond acceptors (Lipinski definition) is 7. The van der Waals surface area contributed by atoms with Gasteiger partial charge in [0.25, 0.3) is 0 Å². The zero-order valence-electron chi connectivity index (χ0n) is 21.2. The maximum atomic E-state index is 14.9. The normalized spacial score (nSPS) is 13.7. The average Bonchev–Trinajstić information content (AvgIpc) is 2.95. The molecule has 1 amide bonds. The number of ether oxygens (including phenoxy) is 3. The van der Waals surface area contributed by atoms with Crippen LogP contribution >= 0.6 is 11.6 Å². The third kappa shape index (κ3) is 6.04. The summed E-state index contributed by atoms with van der Waals surface area (Å²) in [4.78, 5) is 22.4. The number of carbonyl (C=O) groups is 1. The van der Waals surface area contributed by atoms with Gasteiger partial charge in [0.15, 0.2) is 23.1 Å². The summed E-state index contributed by atoms with van der Waals surface area (Å²) in [5, 5.41) is 4.41. The predicted octanol–water partition coefficient (Wildman–Crippen LogP) is 6.52. The molecule has 2 heterocycles. The second-order valence-corrected chi connectivity index (χ2v) is 9.35. The first kappa shape index (κ1) is 26.2. The quantitative estimate of drug-likeness (QED) is 0.251. The molecular formula is C29H26ClFN4O4. The molecule has 0 aliphatic carbocycles. The molecule has 200 valence electrons. The minimum atomic E-state index is -0.541. The van der Waals surface area contributed by atoms with Crippen molar-refractivity contribution in [2.45, 2.75) is 18.9 Å². The molecule has 39 heavy (non-hydrogen) atoms. The Labute approximate surface area is 230 Å². The van der Waals surface area contributed by atoms with Gasteiger partial charge in [-0.25, -0.2) is 14.4 Å². The summed E-state index contributed by atoms with van der Waals surface area (Å²) in [6.07, 6.45) is 4.02.